The average molecular weight is 242 g/mol. The van der Waals surface area contributed by atoms with E-state index in [1.54, 1.807) is 27.7 Å². The van der Waals surface area contributed by atoms with E-state index in [0.717, 1.165) is 0 Å². The van der Waals surface area contributed by atoms with E-state index in [4.69, 9.17) is 14.2 Å². The average Bonchev–Trinajstić information content (AvgIpc) is 2.58. The lowest BCUT2D eigenvalue weighted by Gasteiger charge is -2.27. The molecular formula is C12H18O5. The van der Waals surface area contributed by atoms with Gasteiger partial charge in [0.05, 0.1) is 6.61 Å². The molecule has 0 aliphatic carbocycles. The van der Waals surface area contributed by atoms with Gasteiger partial charge < -0.3 is 14.2 Å². The molecule has 1 heterocycles. The van der Waals surface area contributed by atoms with Crippen LogP contribution in [0.3, 0.4) is 0 Å². The highest BCUT2D eigenvalue weighted by Gasteiger charge is 2.57. The van der Waals surface area contributed by atoms with Gasteiger partial charge in [-0.25, -0.2) is 9.59 Å². The van der Waals surface area contributed by atoms with Crippen molar-refractivity contribution in [2.75, 3.05) is 6.61 Å². The number of cyclic esters (lactones) is 1. The Kier molecular flexibility index (Phi) is 3.93. The first kappa shape index (κ1) is 13.7. The van der Waals surface area contributed by atoms with Gasteiger partial charge >= 0.3 is 17.7 Å². The summed E-state index contributed by atoms with van der Waals surface area (Å²) in [7, 11) is 0. The van der Waals surface area contributed by atoms with Crippen molar-refractivity contribution in [3.63, 3.8) is 0 Å². The first-order valence-corrected chi connectivity index (χ1v) is 5.58. The smallest absolute Gasteiger partial charge is 0.380 e. The standard InChI is InChI=1S/C12H18O5/c1-6-15-11(14)12(8(4)5)16-9(7(2)3)10(13)17-12/h8-9H,2,6H2,1,3-5H3. The van der Waals surface area contributed by atoms with Gasteiger partial charge in [-0.1, -0.05) is 20.4 Å². The van der Waals surface area contributed by atoms with Crippen LogP contribution in [0.25, 0.3) is 0 Å². The van der Waals surface area contributed by atoms with Crippen molar-refractivity contribution < 1.29 is 23.8 Å². The van der Waals surface area contributed by atoms with E-state index in [9.17, 15) is 9.59 Å². The zero-order valence-electron chi connectivity index (χ0n) is 10.6. The molecule has 2 atom stereocenters. The van der Waals surface area contributed by atoms with Gasteiger partial charge in [-0.05, 0) is 19.4 Å². The van der Waals surface area contributed by atoms with Gasteiger partial charge in [0.2, 0.25) is 0 Å². The fraction of sp³-hybridized carbons (Fsp3) is 0.667. The third-order valence-corrected chi connectivity index (χ3v) is 2.53. The molecule has 0 spiro atoms. The highest BCUT2D eigenvalue weighted by Crippen LogP contribution is 2.35. The molecule has 0 saturated carbocycles. The number of rotatable bonds is 4. The van der Waals surface area contributed by atoms with E-state index in [0.29, 0.717) is 5.57 Å². The normalized spacial score (nSPS) is 28.1. The number of hydrogen-bond acceptors (Lipinski definition) is 5. The molecule has 1 aliphatic heterocycles. The predicted molar refractivity (Wildman–Crippen MR) is 60.0 cm³/mol. The Hall–Kier alpha value is -1.36. The maximum Gasteiger partial charge on any atom is 0.380 e. The monoisotopic (exact) mass is 242 g/mol. The van der Waals surface area contributed by atoms with Crippen LogP contribution in [0, 0.1) is 5.92 Å². The second-order valence-electron chi connectivity index (χ2n) is 4.31. The van der Waals surface area contributed by atoms with Crippen molar-refractivity contribution >= 4 is 11.9 Å². The molecule has 0 aromatic heterocycles. The molecule has 1 rings (SSSR count). The SMILES string of the molecule is C=C(C)C1OC(C(=O)OCC)(C(C)C)OC1=O. The van der Waals surface area contributed by atoms with E-state index >= 15 is 0 Å². The van der Waals surface area contributed by atoms with Gasteiger partial charge in [-0.2, -0.15) is 0 Å². The Morgan fingerprint density at radius 2 is 2.18 bits per heavy atom. The van der Waals surface area contributed by atoms with E-state index in [-0.39, 0.29) is 12.5 Å². The second-order valence-corrected chi connectivity index (χ2v) is 4.31. The number of ether oxygens (including phenoxy) is 3. The highest BCUT2D eigenvalue weighted by molar-refractivity contribution is 5.88. The maximum atomic E-state index is 11.9. The van der Waals surface area contributed by atoms with Gasteiger partial charge in [-0.15, -0.1) is 0 Å². The fourth-order valence-electron chi connectivity index (χ4n) is 1.56. The van der Waals surface area contributed by atoms with Crippen molar-refractivity contribution in [2.24, 2.45) is 5.92 Å². The van der Waals surface area contributed by atoms with Gasteiger partial charge in [0.15, 0.2) is 6.10 Å². The molecule has 0 aromatic rings. The van der Waals surface area contributed by atoms with E-state index in [2.05, 4.69) is 6.58 Å². The molecule has 1 aliphatic rings. The summed E-state index contributed by atoms with van der Waals surface area (Å²) in [6.07, 6.45) is -0.901. The Bertz CT molecular complexity index is 347. The van der Waals surface area contributed by atoms with E-state index in [1.807, 2.05) is 0 Å². The summed E-state index contributed by atoms with van der Waals surface area (Å²) in [5, 5.41) is 0. The first-order valence-electron chi connectivity index (χ1n) is 5.58. The molecule has 17 heavy (non-hydrogen) atoms. The molecule has 1 saturated heterocycles. The van der Waals surface area contributed by atoms with Gasteiger partial charge in [0.1, 0.15) is 0 Å². The fourth-order valence-corrected chi connectivity index (χ4v) is 1.56. The summed E-state index contributed by atoms with van der Waals surface area (Å²) < 4.78 is 15.5. The third kappa shape index (κ3) is 2.34. The Labute approximate surface area is 101 Å². The summed E-state index contributed by atoms with van der Waals surface area (Å²) in [4.78, 5) is 23.5. The third-order valence-electron chi connectivity index (χ3n) is 2.53. The van der Waals surface area contributed by atoms with E-state index < -0.39 is 23.8 Å². The number of esters is 2. The van der Waals surface area contributed by atoms with E-state index in [1.165, 1.54) is 0 Å². The van der Waals surface area contributed by atoms with Crippen LogP contribution in [0.15, 0.2) is 12.2 Å². The molecule has 0 radical (unpaired) electrons. The predicted octanol–water partition coefficient (Wildman–Crippen LogP) is 1.42. The van der Waals surface area contributed by atoms with Crippen LogP contribution in [0.1, 0.15) is 27.7 Å². The lowest BCUT2D eigenvalue weighted by atomic mass is 10.0. The molecule has 96 valence electrons. The zero-order valence-corrected chi connectivity index (χ0v) is 10.6. The molecule has 0 N–H and O–H groups in total. The molecule has 0 amide bonds. The highest BCUT2D eigenvalue weighted by atomic mass is 16.8. The number of hydrogen-bond donors (Lipinski definition) is 0. The minimum absolute atomic E-state index is 0.200. The van der Waals surface area contributed by atoms with Crippen molar-refractivity contribution in [3.05, 3.63) is 12.2 Å². The lowest BCUT2D eigenvalue weighted by molar-refractivity contribution is -0.223. The zero-order chi connectivity index (χ0) is 13.2. The van der Waals surface area contributed by atoms with Crippen LogP contribution in [0.5, 0.6) is 0 Å². The molecule has 5 heteroatoms. The van der Waals surface area contributed by atoms with Crippen molar-refractivity contribution in [1.82, 2.24) is 0 Å². The minimum Gasteiger partial charge on any atom is -0.461 e. The first-order chi connectivity index (χ1) is 7.85. The second kappa shape index (κ2) is 4.87. The Morgan fingerprint density at radius 1 is 1.59 bits per heavy atom. The number of carbonyl (C=O) groups is 2. The van der Waals surface area contributed by atoms with Crippen LogP contribution in [-0.2, 0) is 23.8 Å². The Balaban J connectivity index is 3.01. The summed E-state index contributed by atoms with van der Waals surface area (Å²) in [6.45, 7) is 10.6. The van der Waals surface area contributed by atoms with Crippen LogP contribution in [0.2, 0.25) is 0 Å². The molecule has 1 fully saturated rings. The summed E-state index contributed by atoms with van der Waals surface area (Å²) >= 11 is 0. The maximum absolute atomic E-state index is 11.9. The van der Waals surface area contributed by atoms with Gasteiger partial charge in [0.25, 0.3) is 0 Å². The largest absolute Gasteiger partial charge is 0.461 e. The lowest BCUT2D eigenvalue weighted by Crippen LogP contribution is -2.47. The van der Waals surface area contributed by atoms with Gasteiger partial charge in [0, 0.05) is 5.92 Å². The molecule has 0 aromatic carbocycles. The van der Waals surface area contributed by atoms with Gasteiger partial charge in [-0.3, -0.25) is 0 Å². The quantitative estimate of drug-likeness (QED) is 0.551. The number of carbonyl (C=O) groups excluding carboxylic acids is 2. The molecular weight excluding hydrogens is 224 g/mol. The van der Waals surface area contributed by atoms with Crippen LogP contribution >= 0.6 is 0 Å². The summed E-state index contributed by atoms with van der Waals surface area (Å²) in [6, 6.07) is 0. The summed E-state index contributed by atoms with van der Waals surface area (Å²) in [5.41, 5.74) is 0.502. The van der Waals surface area contributed by atoms with Crippen molar-refractivity contribution in [3.8, 4) is 0 Å². The molecule has 0 bridgehead atoms. The summed E-state index contributed by atoms with van der Waals surface area (Å²) in [5.74, 6) is -3.25. The van der Waals surface area contributed by atoms with Crippen molar-refractivity contribution in [1.29, 1.82) is 0 Å². The van der Waals surface area contributed by atoms with Crippen molar-refractivity contribution in [2.45, 2.75) is 39.6 Å². The van der Waals surface area contributed by atoms with Crippen LogP contribution < -0.4 is 0 Å². The van der Waals surface area contributed by atoms with Crippen LogP contribution in [-0.4, -0.2) is 30.4 Å². The Morgan fingerprint density at radius 3 is 2.53 bits per heavy atom. The molecule has 2 unspecified atom stereocenters. The molecule has 5 nitrogen and oxygen atoms in total. The van der Waals surface area contributed by atoms with Crippen LogP contribution in [0.4, 0.5) is 0 Å². The topological polar surface area (TPSA) is 61.8 Å². The minimum atomic E-state index is -1.64.